The van der Waals surface area contributed by atoms with E-state index >= 15 is 0 Å². The van der Waals surface area contributed by atoms with E-state index in [0.29, 0.717) is 12.1 Å². The van der Waals surface area contributed by atoms with Gasteiger partial charge in [-0.1, -0.05) is 6.92 Å². The van der Waals surface area contributed by atoms with Gasteiger partial charge in [-0.15, -0.1) is 0 Å². The number of nitrogens with one attached hydrogen (secondary N) is 1. The van der Waals surface area contributed by atoms with Gasteiger partial charge >= 0.3 is 30.7 Å². The maximum absolute atomic E-state index is 13.4. The number of carbonyl (C=O) groups excluding carboxylic acids is 2. The third kappa shape index (κ3) is 6.91. The van der Waals surface area contributed by atoms with Gasteiger partial charge in [-0.25, -0.2) is 9.59 Å². The van der Waals surface area contributed by atoms with Crippen molar-refractivity contribution >= 4 is 17.9 Å². The molecule has 1 N–H and O–H groups in total. The predicted octanol–water partition coefficient (Wildman–Crippen LogP) is 7.51. The largest absolute Gasteiger partial charge is 0.449 e. The van der Waals surface area contributed by atoms with Gasteiger partial charge in [-0.2, -0.15) is 39.5 Å². The number of fused-ring (bicyclic) bond motifs is 1. The van der Waals surface area contributed by atoms with Crippen molar-refractivity contribution in [1.29, 1.82) is 0 Å². The van der Waals surface area contributed by atoms with Crippen molar-refractivity contribution in [3.8, 4) is 0 Å². The van der Waals surface area contributed by atoms with Crippen LogP contribution in [0.1, 0.15) is 54.0 Å². The van der Waals surface area contributed by atoms with Gasteiger partial charge in [-0.3, -0.25) is 4.90 Å². The predicted molar refractivity (Wildman–Crippen MR) is 122 cm³/mol. The molecule has 40 heavy (non-hydrogen) atoms. The monoisotopic (exact) mass is 586 g/mol. The average Bonchev–Trinajstić information content (AvgIpc) is 3.17. The minimum absolute atomic E-state index is 0.0170. The molecule has 1 aliphatic rings. The second-order valence-corrected chi connectivity index (χ2v) is 8.79. The van der Waals surface area contributed by atoms with Crippen molar-refractivity contribution in [2.24, 2.45) is 0 Å². The van der Waals surface area contributed by atoms with Crippen molar-refractivity contribution in [3.63, 3.8) is 0 Å². The Morgan fingerprint density at radius 1 is 0.825 bits per heavy atom. The van der Waals surface area contributed by atoms with Gasteiger partial charge in [0.2, 0.25) is 0 Å². The summed E-state index contributed by atoms with van der Waals surface area (Å²) >= 11 is 0. The van der Waals surface area contributed by atoms with E-state index in [-0.39, 0.29) is 30.3 Å². The van der Waals surface area contributed by atoms with E-state index in [1.54, 1.807) is 6.92 Å². The Morgan fingerprint density at radius 2 is 1.40 bits per heavy atom. The zero-order valence-electron chi connectivity index (χ0n) is 20.9. The maximum Gasteiger partial charge on any atom is 0.416 e. The van der Waals surface area contributed by atoms with Crippen LogP contribution in [0.4, 0.5) is 54.8 Å². The van der Waals surface area contributed by atoms with Gasteiger partial charge in [0.05, 0.1) is 35.0 Å². The number of ether oxygens (including phenoxy) is 2. The van der Waals surface area contributed by atoms with Gasteiger partial charge in [0.25, 0.3) is 0 Å². The standard InChI is InChI=1S/C25H23F9N2O4/c1-3-19-18(17-10-14(23(26,27)28)5-6-20(17)36(19)22(38)39-4-2)12-40-21(37)35-11-13-7-15(24(29,30)31)9-16(8-13)25(32,33)34/h5-10,18-19H,3-4,11-12H2,1-2H3,(H,35,37). The molecule has 0 saturated carbocycles. The molecule has 0 aliphatic carbocycles. The lowest BCUT2D eigenvalue weighted by Crippen LogP contribution is -2.40. The Kier molecular flexibility index (Phi) is 8.84. The number of alkyl carbamates (subject to hydrolysis) is 1. The molecule has 2 aromatic rings. The SMILES string of the molecule is CCOC(=O)N1c2ccc(C(F)(F)F)cc2C(COC(=O)NCc2cc(C(F)(F)F)cc(C(F)(F)F)c2)C1CC. The first kappa shape index (κ1) is 30.9. The lowest BCUT2D eigenvalue weighted by Gasteiger charge is -2.27. The van der Waals surface area contributed by atoms with Crippen LogP contribution in [0.3, 0.4) is 0 Å². The first-order chi connectivity index (χ1) is 18.5. The molecule has 1 heterocycles. The van der Waals surface area contributed by atoms with E-state index in [0.717, 1.165) is 23.1 Å². The van der Waals surface area contributed by atoms with Crippen LogP contribution in [0.15, 0.2) is 36.4 Å². The average molecular weight is 586 g/mol. The topological polar surface area (TPSA) is 67.9 Å². The van der Waals surface area contributed by atoms with E-state index < -0.39 is 78.1 Å². The van der Waals surface area contributed by atoms with Gasteiger partial charge < -0.3 is 14.8 Å². The molecule has 0 aromatic heterocycles. The number of benzene rings is 2. The molecular weight excluding hydrogens is 563 g/mol. The van der Waals surface area contributed by atoms with Crippen LogP contribution in [0.5, 0.6) is 0 Å². The first-order valence-electron chi connectivity index (χ1n) is 11.8. The Balaban J connectivity index is 1.80. The van der Waals surface area contributed by atoms with Crippen LogP contribution in [0.25, 0.3) is 0 Å². The van der Waals surface area contributed by atoms with Crippen LogP contribution >= 0.6 is 0 Å². The van der Waals surface area contributed by atoms with Crippen LogP contribution in [-0.2, 0) is 34.5 Å². The van der Waals surface area contributed by atoms with Crippen LogP contribution in [0.2, 0.25) is 0 Å². The summed E-state index contributed by atoms with van der Waals surface area (Å²) in [7, 11) is 0. The van der Waals surface area contributed by atoms with Gasteiger partial charge in [0, 0.05) is 12.5 Å². The number of anilines is 1. The normalized spacial score (nSPS) is 17.4. The summed E-state index contributed by atoms with van der Waals surface area (Å²) in [5.74, 6) is -0.942. The molecule has 2 atom stereocenters. The van der Waals surface area contributed by atoms with E-state index in [4.69, 9.17) is 9.47 Å². The molecule has 3 rings (SSSR count). The lowest BCUT2D eigenvalue weighted by molar-refractivity contribution is -0.143. The van der Waals surface area contributed by atoms with E-state index in [9.17, 15) is 49.1 Å². The molecule has 2 aromatic carbocycles. The molecule has 1 aliphatic heterocycles. The Morgan fingerprint density at radius 3 is 1.90 bits per heavy atom. The quantitative estimate of drug-likeness (QED) is 0.356. The summed E-state index contributed by atoms with van der Waals surface area (Å²) in [6.45, 7) is 1.85. The molecule has 2 unspecified atom stereocenters. The zero-order chi connectivity index (χ0) is 30.0. The van der Waals surface area contributed by atoms with Gasteiger partial charge in [-0.05, 0) is 60.9 Å². The molecule has 220 valence electrons. The number of rotatable bonds is 6. The molecule has 15 heteroatoms. The number of alkyl halides is 9. The van der Waals surface area contributed by atoms with E-state index in [1.807, 2.05) is 5.32 Å². The Hall–Kier alpha value is -3.65. The van der Waals surface area contributed by atoms with E-state index in [2.05, 4.69) is 0 Å². The fourth-order valence-corrected chi connectivity index (χ4v) is 4.42. The van der Waals surface area contributed by atoms with Gasteiger partial charge in [0.1, 0.15) is 6.61 Å². The third-order valence-electron chi connectivity index (χ3n) is 6.17. The number of hydrogen-bond acceptors (Lipinski definition) is 4. The van der Waals surface area contributed by atoms with Crippen molar-refractivity contribution in [2.45, 2.75) is 57.3 Å². The summed E-state index contributed by atoms with van der Waals surface area (Å²) in [5.41, 5.74) is -4.49. The van der Waals surface area contributed by atoms with Crippen LogP contribution in [-0.4, -0.2) is 31.4 Å². The summed E-state index contributed by atoms with van der Waals surface area (Å²) < 4.78 is 129. The Labute approximate surface area is 222 Å². The summed E-state index contributed by atoms with van der Waals surface area (Å²) in [6.07, 6.45) is -16.7. The highest BCUT2D eigenvalue weighted by molar-refractivity contribution is 5.92. The van der Waals surface area contributed by atoms with Crippen LogP contribution < -0.4 is 10.2 Å². The first-order valence-corrected chi connectivity index (χ1v) is 11.8. The van der Waals surface area contributed by atoms with Crippen molar-refractivity contribution in [1.82, 2.24) is 5.32 Å². The lowest BCUT2D eigenvalue weighted by atomic mass is 9.93. The zero-order valence-corrected chi connectivity index (χ0v) is 20.9. The highest BCUT2D eigenvalue weighted by atomic mass is 19.4. The van der Waals surface area contributed by atoms with Crippen molar-refractivity contribution in [3.05, 3.63) is 64.2 Å². The van der Waals surface area contributed by atoms with Crippen molar-refractivity contribution in [2.75, 3.05) is 18.1 Å². The number of carbonyl (C=O) groups is 2. The maximum atomic E-state index is 13.4. The minimum atomic E-state index is -5.08. The van der Waals surface area contributed by atoms with Crippen molar-refractivity contribution < 1.29 is 58.6 Å². The fourth-order valence-electron chi connectivity index (χ4n) is 4.42. The molecule has 2 amide bonds. The fraction of sp³-hybridized carbons (Fsp3) is 0.440. The molecule has 0 bridgehead atoms. The number of nitrogens with zero attached hydrogens (tertiary/aromatic N) is 1. The summed E-state index contributed by atoms with van der Waals surface area (Å²) in [5, 5.41) is 2.05. The number of amides is 2. The number of hydrogen-bond donors (Lipinski definition) is 1. The highest BCUT2D eigenvalue weighted by Crippen LogP contribution is 2.45. The highest BCUT2D eigenvalue weighted by Gasteiger charge is 2.44. The Bertz CT molecular complexity index is 1210. The molecule has 6 nitrogen and oxygen atoms in total. The summed E-state index contributed by atoms with van der Waals surface area (Å²) in [4.78, 5) is 26.1. The smallest absolute Gasteiger partial charge is 0.416 e. The van der Waals surface area contributed by atoms with E-state index in [1.165, 1.54) is 6.92 Å². The summed E-state index contributed by atoms with van der Waals surface area (Å²) in [6, 6.07) is 2.75. The van der Waals surface area contributed by atoms with Gasteiger partial charge in [0.15, 0.2) is 0 Å². The second-order valence-electron chi connectivity index (χ2n) is 8.79. The molecule has 0 spiro atoms. The molecular formula is C25H23F9N2O4. The molecule has 0 radical (unpaired) electrons. The second kappa shape index (κ2) is 11.5. The molecule has 0 fully saturated rings. The third-order valence-corrected chi connectivity index (χ3v) is 6.17. The minimum Gasteiger partial charge on any atom is -0.449 e. The van der Waals surface area contributed by atoms with Crippen LogP contribution in [0, 0.1) is 0 Å². The number of halogens is 9. The molecule has 0 saturated heterocycles.